The van der Waals surface area contributed by atoms with Gasteiger partial charge in [-0.2, -0.15) is 10.1 Å². The molecule has 5 rings (SSSR count). The molecule has 0 spiro atoms. The molecule has 0 saturated carbocycles. The highest BCUT2D eigenvalue weighted by molar-refractivity contribution is 5.83. The Morgan fingerprint density at radius 3 is 2.62 bits per heavy atom. The van der Waals surface area contributed by atoms with Crippen molar-refractivity contribution in [3.63, 3.8) is 0 Å². The van der Waals surface area contributed by atoms with Crippen LogP contribution in [0.2, 0.25) is 0 Å². The maximum absolute atomic E-state index is 12.6. The van der Waals surface area contributed by atoms with Crippen LogP contribution >= 0.6 is 0 Å². The van der Waals surface area contributed by atoms with Crippen molar-refractivity contribution in [2.75, 3.05) is 18.0 Å². The second kappa shape index (κ2) is 6.47. The number of aromatic amines is 2. The number of rotatable bonds is 2. The first-order valence-electron chi connectivity index (χ1n) is 10.2. The Morgan fingerprint density at radius 1 is 1.10 bits per heavy atom. The number of hydrogen-bond donors (Lipinski definition) is 2. The highest BCUT2D eigenvalue weighted by atomic mass is 16.1. The third kappa shape index (κ3) is 3.01. The molecule has 1 aliphatic heterocycles. The van der Waals surface area contributed by atoms with Crippen LogP contribution in [0.15, 0.2) is 41.5 Å². The number of hydrogen-bond acceptors (Lipinski definition) is 4. The first kappa shape index (κ1) is 18.0. The number of fused-ring (bicyclic) bond motifs is 2. The summed E-state index contributed by atoms with van der Waals surface area (Å²) in [4.78, 5) is 25.9. The van der Waals surface area contributed by atoms with E-state index in [1.807, 2.05) is 4.68 Å². The summed E-state index contributed by atoms with van der Waals surface area (Å²) >= 11 is 0. The molecule has 7 nitrogen and oxygen atoms in total. The second-order valence-electron chi connectivity index (χ2n) is 8.90. The van der Waals surface area contributed by atoms with Crippen molar-refractivity contribution in [2.45, 2.75) is 45.1 Å². The first-order valence-corrected chi connectivity index (χ1v) is 10.2. The van der Waals surface area contributed by atoms with Gasteiger partial charge in [0, 0.05) is 30.2 Å². The number of H-pyrrole nitrogens is 2. The van der Waals surface area contributed by atoms with Gasteiger partial charge < -0.3 is 9.88 Å². The molecule has 0 aliphatic carbocycles. The van der Waals surface area contributed by atoms with Crippen molar-refractivity contribution in [3.8, 4) is 0 Å². The van der Waals surface area contributed by atoms with Crippen molar-refractivity contribution in [3.05, 3.63) is 52.6 Å². The summed E-state index contributed by atoms with van der Waals surface area (Å²) in [6.07, 6.45) is 5.82. The molecular weight excluding hydrogens is 364 g/mol. The molecule has 2 N–H and O–H groups in total. The number of nitrogens with one attached hydrogen (secondary N) is 2. The van der Waals surface area contributed by atoms with E-state index in [4.69, 9.17) is 4.98 Å². The molecule has 7 heteroatoms. The smallest absolute Gasteiger partial charge is 0.263 e. The van der Waals surface area contributed by atoms with Crippen LogP contribution in [-0.4, -0.2) is 37.8 Å². The molecule has 3 aromatic heterocycles. The van der Waals surface area contributed by atoms with Gasteiger partial charge in [-0.05, 0) is 51.2 Å². The van der Waals surface area contributed by atoms with Gasteiger partial charge in [0.2, 0.25) is 5.95 Å². The van der Waals surface area contributed by atoms with Crippen LogP contribution in [0.5, 0.6) is 0 Å². The Morgan fingerprint density at radius 2 is 1.86 bits per heavy atom. The van der Waals surface area contributed by atoms with E-state index in [2.05, 4.69) is 71.2 Å². The summed E-state index contributed by atoms with van der Waals surface area (Å²) in [7, 11) is 0. The topological polar surface area (TPSA) is 82.6 Å². The van der Waals surface area contributed by atoms with E-state index in [0.29, 0.717) is 22.9 Å². The predicted molar refractivity (Wildman–Crippen MR) is 116 cm³/mol. The Hall–Kier alpha value is -3.09. The lowest BCUT2D eigenvalue weighted by atomic mass is 9.89. The average Bonchev–Trinajstić information content (AvgIpc) is 3.32. The molecule has 1 aliphatic rings. The van der Waals surface area contributed by atoms with Gasteiger partial charge in [-0.15, -0.1) is 0 Å². The SMILES string of the molecule is CC(C)(C)n1ncc2c(=O)[nH]c(N3CCC(c4c[nH]c5ccccc45)CC3)nc21. The van der Waals surface area contributed by atoms with Crippen LogP contribution in [-0.2, 0) is 5.54 Å². The molecule has 4 heterocycles. The Bertz CT molecular complexity index is 1230. The van der Waals surface area contributed by atoms with Gasteiger partial charge in [-0.3, -0.25) is 9.78 Å². The Kier molecular flexibility index (Phi) is 4.01. The Labute approximate surface area is 168 Å². The minimum Gasteiger partial charge on any atom is -0.361 e. The number of benzene rings is 1. The van der Waals surface area contributed by atoms with Crippen LogP contribution in [0.1, 0.15) is 45.1 Å². The van der Waals surface area contributed by atoms with Gasteiger partial charge in [0.05, 0.1) is 11.7 Å². The third-order valence-electron chi connectivity index (χ3n) is 5.92. The van der Waals surface area contributed by atoms with Crippen molar-refractivity contribution in [1.82, 2.24) is 24.7 Å². The van der Waals surface area contributed by atoms with Crippen LogP contribution in [0.4, 0.5) is 5.95 Å². The first-order chi connectivity index (χ1) is 13.9. The fourth-order valence-electron chi connectivity index (χ4n) is 4.38. The zero-order valence-electron chi connectivity index (χ0n) is 17.1. The molecule has 0 unspecified atom stereocenters. The lowest BCUT2D eigenvalue weighted by Gasteiger charge is -2.32. The molecule has 1 aromatic carbocycles. The van der Waals surface area contributed by atoms with E-state index in [-0.39, 0.29) is 11.1 Å². The van der Waals surface area contributed by atoms with Gasteiger partial charge in [-0.1, -0.05) is 18.2 Å². The van der Waals surface area contributed by atoms with Crippen LogP contribution < -0.4 is 10.5 Å². The van der Waals surface area contributed by atoms with Crippen LogP contribution in [0, 0.1) is 0 Å². The third-order valence-corrected chi connectivity index (χ3v) is 5.92. The fourth-order valence-corrected chi connectivity index (χ4v) is 4.38. The van der Waals surface area contributed by atoms with Crippen molar-refractivity contribution >= 4 is 27.9 Å². The quantitative estimate of drug-likeness (QED) is 0.546. The number of para-hydroxylation sites is 1. The standard InChI is InChI=1S/C22H26N6O/c1-22(2,3)28-19-17(13-24-28)20(29)26-21(25-19)27-10-8-14(9-11-27)16-12-23-18-7-5-4-6-15(16)18/h4-7,12-14,23H,8-11H2,1-3H3,(H,25,26,29). The normalized spacial score (nSPS) is 16.2. The summed E-state index contributed by atoms with van der Waals surface area (Å²) in [5.41, 5.74) is 2.87. The minimum atomic E-state index is -0.234. The second-order valence-corrected chi connectivity index (χ2v) is 8.90. The minimum absolute atomic E-state index is 0.126. The maximum atomic E-state index is 12.6. The number of piperidine rings is 1. The summed E-state index contributed by atoms with van der Waals surface area (Å²) in [6, 6.07) is 8.47. The monoisotopic (exact) mass is 390 g/mol. The van der Waals surface area contributed by atoms with Crippen molar-refractivity contribution < 1.29 is 0 Å². The van der Waals surface area contributed by atoms with E-state index < -0.39 is 0 Å². The van der Waals surface area contributed by atoms with E-state index in [9.17, 15) is 4.79 Å². The summed E-state index contributed by atoms with van der Waals surface area (Å²) in [5.74, 6) is 1.16. The number of anilines is 1. The molecule has 0 bridgehead atoms. The molecule has 0 radical (unpaired) electrons. The molecule has 150 valence electrons. The molecule has 1 saturated heterocycles. The summed E-state index contributed by atoms with van der Waals surface area (Å²) in [5, 5.41) is 6.25. The number of nitrogens with zero attached hydrogens (tertiary/aromatic N) is 4. The van der Waals surface area contributed by atoms with E-state index in [0.717, 1.165) is 25.9 Å². The van der Waals surface area contributed by atoms with Gasteiger partial charge >= 0.3 is 0 Å². The summed E-state index contributed by atoms with van der Waals surface area (Å²) in [6.45, 7) is 7.92. The van der Waals surface area contributed by atoms with E-state index in [1.54, 1.807) is 6.20 Å². The molecule has 0 atom stereocenters. The largest absolute Gasteiger partial charge is 0.361 e. The Balaban J connectivity index is 1.42. The summed E-state index contributed by atoms with van der Waals surface area (Å²) < 4.78 is 1.83. The average molecular weight is 390 g/mol. The van der Waals surface area contributed by atoms with Crippen molar-refractivity contribution in [1.29, 1.82) is 0 Å². The molecular formula is C22H26N6O. The van der Waals surface area contributed by atoms with E-state index in [1.165, 1.54) is 16.5 Å². The molecule has 29 heavy (non-hydrogen) atoms. The van der Waals surface area contributed by atoms with Gasteiger partial charge in [-0.25, -0.2) is 4.68 Å². The fraction of sp³-hybridized carbons (Fsp3) is 0.409. The van der Waals surface area contributed by atoms with Gasteiger partial charge in [0.25, 0.3) is 5.56 Å². The zero-order chi connectivity index (χ0) is 20.2. The highest BCUT2D eigenvalue weighted by Gasteiger charge is 2.26. The zero-order valence-corrected chi connectivity index (χ0v) is 17.1. The van der Waals surface area contributed by atoms with Crippen LogP contribution in [0.25, 0.3) is 21.9 Å². The predicted octanol–water partition coefficient (Wildman–Crippen LogP) is 3.74. The lowest BCUT2D eigenvalue weighted by Crippen LogP contribution is -2.35. The molecule has 1 fully saturated rings. The van der Waals surface area contributed by atoms with Gasteiger partial charge in [0.15, 0.2) is 5.65 Å². The van der Waals surface area contributed by atoms with E-state index >= 15 is 0 Å². The molecule has 0 amide bonds. The number of aromatic nitrogens is 5. The van der Waals surface area contributed by atoms with Gasteiger partial charge in [0.1, 0.15) is 5.39 Å². The molecule has 4 aromatic rings. The van der Waals surface area contributed by atoms with Crippen LogP contribution in [0.3, 0.4) is 0 Å². The highest BCUT2D eigenvalue weighted by Crippen LogP contribution is 2.34. The lowest BCUT2D eigenvalue weighted by molar-refractivity contribution is 0.365. The van der Waals surface area contributed by atoms with Crippen molar-refractivity contribution in [2.24, 2.45) is 0 Å². The maximum Gasteiger partial charge on any atom is 0.263 e.